The third-order valence-corrected chi connectivity index (χ3v) is 5.83. The molecule has 11 heteroatoms. The van der Waals surface area contributed by atoms with Crippen molar-refractivity contribution in [3.8, 4) is 0 Å². The van der Waals surface area contributed by atoms with Gasteiger partial charge >= 0.3 is 12.1 Å². The molecule has 3 aromatic rings. The van der Waals surface area contributed by atoms with Gasteiger partial charge in [0.1, 0.15) is 4.88 Å². The number of hydrogen-bond donors (Lipinski definition) is 2. The van der Waals surface area contributed by atoms with Crippen LogP contribution in [0.1, 0.15) is 22.2 Å². The summed E-state index contributed by atoms with van der Waals surface area (Å²) in [6.45, 7) is 1.61. The van der Waals surface area contributed by atoms with Gasteiger partial charge in [-0.05, 0) is 36.8 Å². The molecule has 0 aliphatic carbocycles. The van der Waals surface area contributed by atoms with E-state index >= 15 is 0 Å². The van der Waals surface area contributed by atoms with Crippen LogP contribution in [0.4, 0.5) is 18.9 Å². The van der Waals surface area contributed by atoms with Gasteiger partial charge < -0.3 is 5.32 Å². The number of thiophene rings is 1. The molecule has 2 amide bonds. The number of anilines is 1. The second-order valence-corrected chi connectivity index (χ2v) is 7.92. The van der Waals surface area contributed by atoms with Crippen LogP contribution in [0.3, 0.4) is 0 Å². The van der Waals surface area contributed by atoms with Gasteiger partial charge in [-0.25, -0.2) is 5.43 Å². The summed E-state index contributed by atoms with van der Waals surface area (Å²) in [5, 5.41) is 7.27. The second kappa shape index (κ2) is 8.63. The van der Waals surface area contributed by atoms with Crippen LogP contribution < -0.4 is 10.7 Å². The number of carbonyl (C=O) groups is 2. The average molecular weight is 474 g/mol. The van der Waals surface area contributed by atoms with Gasteiger partial charge in [0.15, 0.2) is 0 Å². The zero-order chi connectivity index (χ0) is 22.1. The number of nitrogens with one attached hydrogen (secondary N) is 2. The van der Waals surface area contributed by atoms with Crippen molar-refractivity contribution >= 4 is 67.8 Å². The zero-order valence-electron chi connectivity index (χ0n) is 15.1. The Morgan fingerprint density at radius 1 is 1.07 bits per heavy atom. The van der Waals surface area contributed by atoms with Gasteiger partial charge in [0.05, 0.1) is 10.7 Å². The Bertz CT molecular complexity index is 1160. The molecule has 1 aromatic heterocycles. The lowest BCUT2D eigenvalue weighted by molar-refractivity contribution is -0.167. The van der Waals surface area contributed by atoms with Gasteiger partial charge in [0.25, 0.3) is 5.91 Å². The summed E-state index contributed by atoms with van der Waals surface area (Å²) >= 11 is 13.4. The Hall–Kier alpha value is -2.62. The molecule has 156 valence electrons. The first-order chi connectivity index (χ1) is 14.1. The number of alkyl halides is 3. The fraction of sp³-hybridized carbons (Fsp3) is 0.105. The molecule has 0 atom stereocenters. The fourth-order valence-corrected chi connectivity index (χ4v) is 4.11. The number of halogens is 5. The highest BCUT2D eigenvalue weighted by atomic mass is 35.5. The molecule has 0 saturated heterocycles. The molecule has 0 radical (unpaired) electrons. The standard InChI is InChI=1S/C19H12Cl2F3N3O2S/c1-9(10-2-5-12(6-3-10)25-18(29)19(22,23)24)26-27-17(28)16-15(21)13-7-4-11(20)8-14(13)30-16/h2-8H,1H3,(H,25,29)(H,27,28)/b26-9-. The smallest absolute Gasteiger partial charge is 0.318 e. The van der Waals surface area contributed by atoms with E-state index in [2.05, 4.69) is 10.5 Å². The lowest BCUT2D eigenvalue weighted by Gasteiger charge is -2.08. The van der Waals surface area contributed by atoms with Crippen molar-refractivity contribution in [3.05, 3.63) is 63.0 Å². The number of fused-ring (bicyclic) bond motifs is 1. The lowest BCUT2D eigenvalue weighted by Crippen LogP contribution is -2.29. The van der Waals surface area contributed by atoms with Gasteiger partial charge in [-0.3, -0.25) is 9.59 Å². The normalized spacial score (nSPS) is 12.1. The fourth-order valence-electron chi connectivity index (χ4n) is 2.43. The van der Waals surface area contributed by atoms with Crippen LogP contribution in [0, 0.1) is 0 Å². The molecule has 0 fully saturated rings. The monoisotopic (exact) mass is 473 g/mol. The maximum atomic E-state index is 12.4. The van der Waals surface area contributed by atoms with Crippen LogP contribution in [-0.4, -0.2) is 23.7 Å². The minimum Gasteiger partial charge on any atom is -0.318 e. The molecule has 0 unspecified atom stereocenters. The first-order valence-electron chi connectivity index (χ1n) is 8.27. The third-order valence-electron chi connectivity index (χ3n) is 3.94. The molecule has 5 nitrogen and oxygen atoms in total. The Kier molecular flexibility index (Phi) is 6.35. The van der Waals surface area contributed by atoms with Crippen molar-refractivity contribution in [1.82, 2.24) is 5.43 Å². The second-order valence-electron chi connectivity index (χ2n) is 6.05. The topological polar surface area (TPSA) is 70.6 Å². The van der Waals surface area contributed by atoms with Gasteiger partial charge in [-0.1, -0.05) is 41.4 Å². The summed E-state index contributed by atoms with van der Waals surface area (Å²) in [5.74, 6) is -2.57. The molecular formula is C19H12Cl2F3N3O2S. The van der Waals surface area contributed by atoms with Crippen molar-refractivity contribution in [2.24, 2.45) is 5.10 Å². The van der Waals surface area contributed by atoms with Crippen LogP contribution in [0.2, 0.25) is 10.0 Å². The van der Waals surface area contributed by atoms with Crippen molar-refractivity contribution < 1.29 is 22.8 Å². The summed E-state index contributed by atoms with van der Waals surface area (Å²) < 4.78 is 37.6. The first-order valence-corrected chi connectivity index (χ1v) is 9.84. The summed E-state index contributed by atoms with van der Waals surface area (Å²) in [5.41, 5.74) is 3.32. The highest BCUT2D eigenvalue weighted by Crippen LogP contribution is 2.36. The summed E-state index contributed by atoms with van der Waals surface area (Å²) in [6, 6.07) is 10.6. The van der Waals surface area contributed by atoms with E-state index in [1.165, 1.54) is 35.6 Å². The van der Waals surface area contributed by atoms with E-state index in [-0.39, 0.29) is 10.6 Å². The van der Waals surface area contributed by atoms with Gasteiger partial charge in [-0.2, -0.15) is 18.3 Å². The van der Waals surface area contributed by atoms with Gasteiger partial charge in [0.2, 0.25) is 0 Å². The van der Waals surface area contributed by atoms with Gasteiger partial charge in [-0.15, -0.1) is 11.3 Å². The number of hydrogen-bond acceptors (Lipinski definition) is 4. The molecule has 0 aliphatic rings. The molecule has 30 heavy (non-hydrogen) atoms. The Morgan fingerprint density at radius 3 is 2.37 bits per heavy atom. The molecule has 2 N–H and O–H groups in total. The first kappa shape index (κ1) is 22.1. The number of amides is 2. The van der Waals surface area contributed by atoms with E-state index in [9.17, 15) is 22.8 Å². The number of nitrogens with zero attached hydrogens (tertiary/aromatic N) is 1. The zero-order valence-corrected chi connectivity index (χ0v) is 17.4. The maximum absolute atomic E-state index is 12.4. The lowest BCUT2D eigenvalue weighted by atomic mass is 10.1. The van der Waals surface area contributed by atoms with Crippen molar-refractivity contribution in [1.29, 1.82) is 0 Å². The predicted molar refractivity (Wildman–Crippen MR) is 113 cm³/mol. The minimum absolute atomic E-state index is 0.0198. The van der Waals surface area contributed by atoms with E-state index in [4.69, 9.17) is 23.2 Å². The molecule has 2 aromatic carbocycles. The summed E-state index contributed by atoms with van der Waals surface area (Å²) in [7, 11) is 0. The highest BCUT2D eigenvalue weighted by Gasteiger charge is 2.38. The molecule has 3 rings (SSSR count). The molecule has 0 aliphatic heterocycles. The molecular weight excluding hydrogens is 462 g/mol. The van der Waals surface area contributed by atoms with E-state index in [0.29, 0.717) is 26.7 Å². The number of hydrazone groups is 1. The summed E-state index contributed by atoms with van der Waals surface area (Å²) in [4.78, 5) is 23.7. The summed E-state index contributed by atoms with van der Waals surface area (Å²) in [6.07, 6.45) is -4.97. The van der Waals surface area contributed by atoms with E-state index in [1.807, 2.05) is 0 Å². The van der Waals surface area contributed by atoms with Crippen LogP contribution in [0.15, 0.2) is 47.6 Å². The SMILES string of the molecule is C/C(=N/NC(=O)c1sc2cc(Cl)ccc2c1Cl)c1ccc(NC(=O)C(F)(F)F)cc1. The highest BCUT2D eigenvalue weighted by molar-refractivity contribution is 7.21. The number of carbonyl (C=O) groups excluding carboxylic acids is 2. The molecule has 0 bridgehead atoms. The Balaban J connectivity index is 1.71. The number of rotatable bonds is 4. The molecule has 0 spiro atoms. The largest absolute Gasteiger partial charge is 0.471 e. The van der Waals surface area contributed by atoms with Gasteiger partial charge in [0, 0.05) is 20.8 Å². The van der Waals surface area contributed by atoms with E-state index < -0.39 is 18.0 Å². The Morgan fingerprint density at radius 2 is 1.73 bits per heavy atom. The quantitative estimate of drug-likeness (QED) is 0.367. The van der Waals surface area contributed by atoms with Crippen molar-refractivity contribution in [2.75, 3.05) is 5.32 Å². The van der Waals surface area contributed by atoms with Crippen LogP contribution in [0.5, 0.6) is 0 Å². The third kappa shape index (κ3) is 4.92. The van der Waals surface area contributed by atoms with Crippen LogP contribution in [-0.2, 0) is 4.79 Å². The minimum atomic E-state index is -4.97. The average Bonchev–Trinajstić information content (AvgIpc) is 3.01. The Labute approximate surface area is 182 Å². The van der Waals surface area contributed by atoms with Crippen molar-refractivity contribution in [2.45, 2.75) is 13.1 Å². The maximum Gasteiger partial charge on any atom is 0.471 e. The van der Waals surface area contributed by atoms with E-state index in [0.717, 1.165) is 4.70 Å². The van der Waals surface area contributed by atoms with Crippen LogP contribution >= 0.6 is 34.5 Å². The molecule has 0 saturated carbocycles. The van der Waals surface area contributed by atoms with Crippen molar-refractivity contribution in [3.63, 3.8) is 0 Å². The molecule has 1 heterocycles. The predicted octanol–water partition coefficient (Wildman–Crippen LogP) is 5.86. The van der Waals surface area contributed by atoms with E-state index in [1.54, 1.807) is 30.4 Å². The van der Waals surface area contributed by atoms with Crippen LogP contribution in [0.25, 0.3) is 10.1 Å². The number of benzene rings is 2.